The van der Waals surface area contributed by atoms with Gasteiger partial charge in [-0.05, 0) is 56.7 Å². The van der Waals surface area contributed by atoms with Crippen molar-refractivity contribution >= 4 is 52.3 Å². The van der Waals surface area contributed by atoms with E-state index < -0.39 is 12.0 Å². The summed E-state index contributed by atoms with van der Waals surface area (Å²) in [5.41, 5.74) is 1.14. The molecule has 0 saturated heterocycles. The van der Waals surface area contributed by atoms with Gasteiger partial charge in [-0.25, -0.2) is 0 Å². The van der Waals surface area contributed by atoms with Crippen molar-refractivity contribution in [2.75, 3.05) is 18.4 Å². The first-order chi connectivity index (χ1) is 13.2. The van der Waals surface area contributed by atoms with Gasteiger partial charge in [-0.15, -0.1) is 0 Å². The molecule has 0 heterocycles. The molecule has 0 aliphatic carbocycles. The minimum absolute atomic E-state index is 0.149. The van der Waals surface area contributed by atoms with Gasteiger partial charge in [0, 0.05) is 11.6 Å². The molecule has 1 unspecified atom stereocenters. The number of anilines is 1. The van der Waals surface area contributed by atoms with Gasteiger partial charge in [0.1, 0.15) is 5.75 Å². The number of hydrogen-bond donors (Lipinski definition) is 1. The molecular formula is C20H21Cl3N2O3. The van der Waals surface area contributed by atoms with Gasteiger partial charge in [-0.2, -0.15) is 0 Å². The molecule has 28 heavy (non-hydrogen) atoms. The molecule has 8 heteroatoms. The van der Waals surface area contributed by atoms with Crippen molar-refractivity contribution in [2.24, 2.45) is 0 Å². The molecule has 2 amide bonds. The molecule has 2 aromatic rings. The Morgan fingerprint density at radius 3 is 2.36 bits per heavy atom. The number of carbonyl (C=O) groups excluding carboxylic acids is 2. The normalized spacial score (nSPS) is 11.6. The van der Waals surface area contributed by atoms with Crippen LogP contribution in [0.15, 0.2) is 36.4 Å². The summed E-state index contributed by atoms with van der Waals surface area (Å²) in [5.74, 6) is -0.147. The van der Waals surface area contributed by atoms with E-state index in [-0.39, 0.29) is 12.5 Å². The van der Waals surface area contributed by atoms with Crippen LogP contribution in [0.1, 0.15) is 19.4 Å². The predicted molar refractivity (Wildman–Crippen MR) is 114 cm³/mol. The Bertz CT molecular complexity index is 854. The summed E-state index contributed by atoms with van der Waals surface area (Å²) in [6.07, 6.45) is -0.767. The van der Waals surface area contributed by atoms with Crippen molar-refractivity contribution in [1.82, 2.24) is 4.90 Å². The number of likely N-dealkylation sites (N-methyl/N-ethyl adjacent to an activating group) is 1. The molecule has 0 aromatic heterocycles. The zero-order chi connectivity index (χ0) is 20.8. The van der Waals surface area contributed by atoms with Crippen LogP contribution in [0.25, 0.3) is 0 Å². The van der Waals surface area contributed by atoms with E-state index in [1.165, 1.54) is 4.90 Å². The Morgan fingerprint density at radius 1 is 1.14 bits per heavy atom. The zero-order valence-corrected chi connectivity index (χ0v) is 18.0. The van der Waals surface area contributed by atoms with Gasteiger partial charge in [0.15, 0.2) is 6.10 Å². The smallest absolute Gasteiger partial charge is 0.263 e. The molecule has 0 aliphatic heterocycles. The van der Waals surface area contributed by atoms with E-state index in [1.54, 1.807) is 50.2 Å². The van der Waals surface area contributed by atoms with Gasteiger partial charge in [0.2, 0.25) is 5.91 Å². The molecule has 2 aromatic carbocycles. The van der Waals surface area contributed by atoms with E-state index in [4.69, 9.17) is 39.5 Å². The van der Waals surface area contributed by atoms with Gasteiger partial charge in [0.05, 0.1) is 22.3 Å². The standard InChI is InChI=1S/C20H21Cl3N2O3/c1-4-25(11-18(26)24-19-15(22)6-5-7-16(19)23)20(27)13(3)28-17-9-8-14(21)10-12(17)2/h5-10,13H,4,11H2,1-3H3,(H,24,26). The lowest BCUT2D eigenvalue weighted by Gasteiger charge is -2.25. The van der Waals surface area contributed by atoms with Crippen molar-refractivity contribution in [3.8, 4) is 5.75 Å². The number of ether oxygens (including phenoxy) is 1. The fourth-order valence-electron chi connectivity index (χ4n) is 2.56. The SMILES string of the molecule is CCN(CC(=O)Nc1c(Cl)cccc1Cl)C(=O)C(C)Oc1ccc(Cl)cc1C. The largest absolute Gasteiger partial charge is 0.481 e. The highest BCUT2D eigenvalue weighted by Gasteiger charge is 2.24. The molecule has 5 nitrogen and oxygen atoms in total. The molecule has 1 atom stereocenters. The van der Waals surface area contributed by atoms with Crippen LogP contribution in [0.3, 0.4) is 0 Å². The van der Waals surface area contributed by atoms with Crippen molar-refractivity contribution in [3.63, 3.8) is 0 Å². The van der Waals surface area contributed by atoms with Crippen LogP contribution < -0.4 is 10.1 Å². The lowest BCUT2D eigenvalue weighted by molar-refractivity contribution is -0.140. The molecular weight excluding hydrogens is 423 g/mol. The number of para-hydroxylation sites is 1. The Kier molecular flexibility index (Phi) is 7.98. The average Bonchev–Trinajstić information content (AvgIpc) is 2.64. The Morgan fingerprint density at radius 2 is 1.79 bits per heavy atom. The van der Waals surface area contributed by atoms with Gasteiger partial charge in [-0.1, -0.05) is 40.9 Å². The Hall–Kier alpha value is -1.95. The maximum Gasteiger partial charge on any atom is 0.263 e. The van der Waals surface area contributed by atoms with Crippen molar-refractivity contribution in [2.45, 2.75) is 26.9 Å². The molecule has 1 N–H and O–H groups in total. The molecule has 0 aliphatic rings. The van der Waals surface area contributed by atoms with Crippen molar-refractivity contribution in [1.29, 1.82) is 0 Å². The number of hydrogen-bond acceptors (Lipinski definition) is 3. The third-order valence-electron chi connectivity index (χ3n) is 4.04. The average molecular weight is 444 g/mol. The van der Waals surface area contributed by atoms with Crippen LogP contribution >= 0.6 is 34.8 Å². The highest BCUT2D eigenvalue weighted by atomic mass is 35.5. The molecule has 0 radical (unpaired) electrons. The van der Waals surface area contributed by atoms with Crippen LogP contribution in [0, 0.1) is 6.92 Å². The number of nitrogens with zero attached hydrogens (tertiary/aromatic N) is 1. The number of nitrogens with one attached hydrogen (secondary N) is 1. The van der Waals surface area contributed by atoms with Crippen LogP contribution in [0.4, 0.5) is 5.69 Å². The molecule has 0 fully saturated rings. The van der Waals surface area contributed by atoms with E-state index in [9.17, 15) is 9.59 Å². The summed E-state index contributed by atoms with van der Waals surface area (Å²) in [7, 11) is 0. The van der Waals surface area contributed by atoms with Gasteiger partial charge in [-0.3, -0.25) is 9.59 Å². The lowest BCUT2D eigenvalue weighted by atomic mass is 10.2. The van der Waals surface area contributed by atoms with Gasteiger partial charge >= 0.3 is 0 Å². The lowest BCUT2D eigenvalue weighted by Crippen LogP contribution is -2.44. The number of carbonyl (C=O) groups is 2. The Labute approximate surface area is 179 Å². The quantitative estimate of drug-likeness (QED) is 0.639. The number of rotatable bonds is 7. The molecule has 0 saturated carbocycles. The molecule has 0 bridgehead atoms. The van der Waals surface area contributed by atoms with Gasteiger partial charge < -0.3 is 15.0 Å². The summed E-state index contributed by atoms with van der Waals surface area (Å²) >= 11 is 18.1. The monoisotopic (exact) mass is 442 g/mol. The first-order valence-electron chi connectivity index (χ1n) is 8.68. The van der Waals surface area contributed by atoms with Crippen LogP contribution in [0.5, 0.6) is 5.75 Å². The topological polar surface area (TPSA) is 58.6 Å². The fourth-order valence-corrected chi connectivity index (χ4v) is 3.28. The summed E-state index contributed by atoms with van der Waals surface area (Å²) in [6.45, 7) is 5.46. The summed E-state index contributed by atoms with van der Waals surface area (Å²) in [4.78, 5) is 26.5. The van der Waals surface area contributed by atoms with Crippen LogP contribution in [0.2, 0.25) is 15.1 Å². The van der Waals surface area contributed by atoms with E-state index >= 15 is 0 Å². The van der Waals surface area contributed by atoms with E-state index in [0.717, 1.165) is 5.56 Å². The van der Waals surface area contributed by atoms with Crippen LogP contribution in [-0.4, -0.2) is 35.9 Å². The minimum Gasteiger partial charge on any atom is -0.481 e. The van der Waals surface area contributed by atoms with E-state index in [0.29, 0.717) is 33.0 Å². The highest BCUT2D eigenvalue weighted by molar-refractivity contribution is 6.39. The number of amides is 2. The van der Waals surface area contributed by atoms with E-state index in [2.05, 4.69) is 5.32 Å². The first-order valence-corrected chi connectivity index (χ1v) is 9.81. The predicted octanol–water partition coefficient (Wildman–Crippen LogP) is 5.21. The minimum atomic E-state index is -0.767. The molecule has 0 spiro atoms. The maximum atomic E-state index is 12.7. The third kappa shape index (κ3) is 5.77. The van der Waals surface area contributed by atoms with E-state index in [1.807, 2.05) is 6.92 Å². The van der Waals surface area contributed by atoms with Crippen molar-refractivity contribution in [3.05, 3.63) is 57.0 Å². The molecule has 2 rings (SSSR count). The molecule has 150 valence electrons. The highest BCUT2D eigenvalue weighted by Crippen LogP contribution is 2.29. The van der Waals surface area contributed by atoms with Crippen LogP contribution in [-0.2, 0) is 9.59 Å². The van der Waals surface area contributed by atoms with Gasteiger partial charge in [0.25, 0.3) is 5.91 Å². The number of benzene rings is 2. The summed E-state index contributed by atoms with van der Waals surface area (Å²) in [6, 6.07) is 10.1. The number of halogens is 3. The maximum absolute atomic E-state index is 12.7. The second kappa shape index (κ2) is 10.0. The Balaban J connectivity index is 2.03. The second-order valence-corrected chi connectivity index (χ2v) is 7.42. The first kappa shape index (κ1) is 22.3. The summed E-state index contributed by atoms with van der Waals surface area (Å²) < 4.78 is 5.76. The van der Waals surface area contributed by atoms with Crippen molar-refractivity contribution < 1.29 is 14.3 Å². The number of aryl methyl sites for hydroxylation is 1. The second-order valence-electron chi connectivity index (χ2n) is 6.17. The summed E-state index contributed by atoms with van der Waals surface area (Å²) in [5, 5.41) is 3.89. The fraction of sp³-hybridized carbons (Fsp3) is 0.300. The third-order valence-corrected chi connectivity index (χ3v) is 4.91. The zero-order valence-electron chi connectivity index (χ0n) is 15.8.